The lowest BCUT2D eigenvalue weighted by molar-refractivity contribution is 0.435. The maximum absolute atomic E-state index is 13.5. The van der Waals surface area contributed by atoms with Gasteiger partial charge in [-0.15, -0.1) is 0 Å². The quantitative estimate of drug-likeness (QED) is 0.732. The highest BCUT2D eigenvalue weighted by molar-refractivity contribution is 9.10. The van der Waals surface area contributed by atoms with Crippen molar-refractivity contribution in [2.75, 3.05) is 5.73 Å². The summed E-state index contributed by atoms with van der Waals surface area (Å²) in [5.41, 5.74) is 7.46. The fourth-order valence-electron chi connectivity index (χ4n) is 2.05. The molecule has 0 atom stereocenters. The lowest BCUT2D eigenvalue weighted by atomic mass is 10.0. The maximum Gasteiger partial charge on any atom is 0.178 e. The first kappa shape index (κ1) is 13.8. The average Bonchev–Trinajstić information content (AvgIpc) is 2.84. The molecule has 0 unspecified atom stereocenters. The van der Waals surface area contributed by atoms with E-state index in [0.29, 0.717) is 26.9 Å². The molecule has 6 heteroatoms. The number of nitrogens with two attached hydrogens (primary N) is 1. The van der Waals surface area contributed by atoms with Crippen LogP contribution in [0.5, 0.6) is 0 Å². The summed E-state index contributed by atoms with van der Waals surface area (Å²) >= 11 is 3.34. The zero-order chi connectivity index (χ0) is 15.0. The van der Waals surface area contributed by atoms with Crippen LogP contribution < -0.4 is 5.73 Å². The Morgan fingerprint density at radius 3 is 2.38 bits per heavy atom. The Labute approximate surface area is 127 Å². The monoisotopic (exact) mass is 350 g/mol. The zero-order valence-electron chi connectivity index (χ0n) is 10.6. The molecule has 0 aliphatic carbocycles. The van der Waals surface area contributed by atoms with Gasteiger partial charge >= 0.3 is 0 Å². The Kier molecular flexibility index (Phi) is 3.47. The third-order valence-corrected chi connectivity index (χ3v) is 3.72. The first-order valence-corrected chi connectivity index (χ1v) is 6.82. The normalized spacial score (nSPS) is 10.8. The molecule has 0 bridgehead atoms. The molecule has 1 heterocycles. The van der Waals surface area contributed by atoms with E-state index in [9.17, 15) is 8.78 Å². The molecule has 0 saturated heterocycles. The lowest BCUT2D eigenvalue weighted by Crippen LogP contribution is -1.90. The predicted molar refractivity (Wildman–Crippen MR) is 79.4 cm³/mol. The van der Waals surface area contributed by atoms with E-state index in [1.807, 2.05) is 0 Å². The van der Waals surface area contributed by atoms with Crippen LogP contribution in [-0.4, -0.2) is 5.16 Å². The van der Waals surface area contributed by atoms with E-state index in [0.717, 1.165) is 0 Å². The maximum atomic E-state index is 13.5. The molecule has 3 nitrogen and oxygen atoms in total. The fraction of sp³-hybridized carbons (Fsp3) is 0. The Bertz CT molecular complexity index is 800. The van der Waals surface area contributed by atoms with Crippen LogP contribution in [0.4, 0.5) is 14.6 Å². The predicted octanol–water partition coefficient (Wildman–Crippen LogP) is 4.63. The molecule has 0 saturated carbocycles. The van der Waals surface area contributed by atoms with Crippen LogP contribution >= 0.6 is 15.9 Å². The van der Waals surface area contributed by atoms with E-state index in [1.54, 1.807) is 18.2 Å². The van der Waals surface area contributed by atoms with Crippen molar-refractivity contribution in [1.82, 2.24) is 5.16 Å². The van der Waals surface area contributed by atoms with E-state index >= 15 is 0 Å². The lowest BCUT2D eigenvalue weighted by Gasteiger charge is -2.05. The van der Waals surface area contributed by atoms with E-state index < -0.39 is 5.82 Å². The van der Waals surface area contributed by atoms with Gasteiger partial charge in [-0.1, -0.05) is 33.2 Å². The second-order valence-electron chi connectivity index (χ2n) is 4.40. The minimum Gasteiger partial charge on any atom is -0.380 e. The van der Waals surface area contributed by atoms with Crippen molar-refractivity contribution in [1.29, 1.82) is 0 Å². The Morgan fingerprint density at radius 2 is 1.67 bits per heavy atom. The van der Waals surface area contributed by atoms with Gasteiger partial charge in [0, 0.05) is 10.0 Å². The minimum absolute atomic E-state index is 0.160. The first-order valence-electron chi connectivity index (χ1n) is 6.03. The molecule has 0 fully saturated rings. The summed E-state index contributed by atoms with van der Waals surface area (Å²) in [6.07, 6.45) is 0. The van der Waals surface area contributed by atoms with Crippen LogP contribution in [0.2, 0.25) is 0 Å². The topological polar surface area (TPSA) is 52.0 Å². The van der Waals surface area contributed by atoms with Crippen LogP contribution in [0.15, 0.2) is 51.5 Å². The Morgan fingerprint density at radius 1 is 1.00 bits per heavy atom. The largest absolute Gasteiger partial charge is 0.380 e. The average molecular weight is 351 g/mol. The summed E-state index contributed by atoms with van der Waals surface area (Å²) in [5.74, 6) is -0.284. The third-order valence-electron chi connectivity index (χ3n) is 3.02. The smallest absolute Gasteiger partial charge is 0.178 e. The number of anilines is 1. The van der Waals surface area contributed by atoms with Gasteiger partial charge < -0.3 is 10.3 Å². The summed E-state index contributed by atoms with van der Waals surface area (Å²) in [4.78, 5) is 0. The van der Waals surface area contributed by atoms with Gasteiger partial charge in [0.1, 0.15) is 11.6 Å². The number of hydrogen-bond donors (Lipinski definition) is 1. The van der Waals surface area contributed by atoms with Gasteiger partial charge in [0.2, 0.25) is 0 Å². The fourth-order valence-corrected chi connectivity index (χ4v) is 2.48. The van der Waals surface area contributed by atoms with E-state index in [4.69, 9.17) is 10.3 Å². The van der Waals surface area contributed by atoms with E-state index in [1.165, 1.54) is 24.3 Å². The summed E-state index contributed by atoms with van der Waals surface area (Å²) in [7, 11) is 0. The summed E-state index contributed by atoms with van der Waals surface area (Å²) < 4.78 is 32.4. The number of rotatable bonds is 2. The van der Waals surface area contributed by atoms with Gasteiger partial charge in [-0.05, 0) is 35.9 Å². The van der Waals surface area contributed by atoms with E-state index in [2.05, 4.69) is 21.1 Å². The highest BCUT2D eigenvalue weighted by Crippen LogP contribution is 2.39. The molecule has 2 aromatic carbocycles. The van der Waals surface area contributed by atoms with Crippen LogP contribution in [0, 0.1) is 11.6 Å². The number of benzene rings is 2. The van der Waals surface area contributed by atoms with E-state index in [-0.39, 0.29) is 11.6 Å². The number of nitrogen functional groups attached to an aromatic ring is 1. The number of aromatic nitrogens is 1. The van der Waals surface area contributed by atoms with Gasteiger partial charge in [-0.2, -0.15) is 0 Å². The highest BCUT2D eigenvalue weighted by atomic mass is 79.9. The summed E-state index contributed by atoms with van der Waals surface area (Å²) in [6, 6.07) is 9.96. The summed E-state index contributed by atoms with van der Waals surface area (Å²) in [6.45, 7) is 0. The molecule has 3 aromatic rings. The van der Waals surface area contributed by atoms with Crippen LogP contribution in [0.3, 0.4) is 0 Å². The van der Waals surface area contributed by atoms with Gasteiger partial charge in [-0.3, -0.25) is 0 Å². The minimum atomic E-state index is -0.409. The standard InChI is InChI=1S/C15H9BrF2N2O/c16-12-6-5-10(18)7-11(12)14-13(15(19)20-21-14)8-1-3-9(17)4-2-8/h1-7H,(H2,19,20). The SMILES string of the molecule is Nc1noc(-c2cc(F)ccc2Br)c1-c1ccc(F)cc1. The molecule has 0 radical (unpaired) electrons. The Balaban J connectivity index is 2.21. The zero-order valence-corrected chi connectivity index (χ0v) is 12.2. The van der Waals surface area contributed by atoms with Crippen LogP contribution in [0.25, 0.3) is 22.5 Å². The molecular formula is C15H9BrF2N2O. The van der Waals surface area contributed by atoms with Gasteiger partial charge in [-0.25, -0.2) is 8.78 Å². The molecule has 3 rings (SSSR count). The Hall–Kier alpha value is -2.21. The molecule has 1 aromatic heterocycles. The van der Waals surface area contributed by atoms with Crippen molar-refractivity contribution in [2.24, 2.45) is 0 Å². The molecule has 106 valence electrons. The molecule has 21 heavy (non-hydrogen) atoms. The second kappa shape index (κ2) is 5.29. The van der Waals surface area contributed by atoms with Gasteiger partial charge in [0.25, 0.3) is 0 Å². The molecule has 0 spiro atoms. The molecule has 0 aliphatic rings. The van der Waals surface area contributed by atoms with Crippen LogP contribution in [0.1, 0.15) is 0 Å². The van der Waals surface area contributed by atoms with Crippen molar-refractivity contribution in [3.8, 4) is 22.5 Å². The van der Waals surface area contributed by atoms with Crippen LogP contribution in [-0.2, 0) is 0 Å². The van der Waals surface area contributed by atoms with Gasteiger partial charge in [0.05, 0.1) is 5.56 Å². The molecule has 2 N–H and O–H groups in total. The molecular weight excluding hydrogens is 342 g/mol. The van der Waals surface area contributed by atoms with Gasteiger partial charge in [0.15, 0.2) is 11.6 Å². The van der Waals surface area contributed by atoms with Crippen molar-refractivity contribution < 1.29 is 13.3 Å². The van der Waals surface area contributed by atoms with Crippen molar-refractivity contribution in [2.45, 2.75) is 0 Å². The molecule has 0 amide bonds. The number of halogens is 3. The molecule has 0 aliphatic heterocycles. The van der Waals surface area contributed by atoms with Crippen molar-refractivity contribution >= 4 is 21.7 Å². The highest BCUT2D eigenvalue weighted by Gasteiger charge is 2.20. The summed E-state index contributed by atoms with van der Waals surface area (Å²) in [5, 5.41) is 3.73. The second-order valence-corrected chi connectivity index (χ2v) is 5.26. The number of nitrogens with zero attached hydrogens (tertiary/aromatic N) is 1. The van der Waals surface area contributed by atoms with Crippen molar-refractivity contribution in [3.05, 3.63) is 58.6 Å². The third kappa shape index (κ3) is 2.54. The number of hydrogen-bond acceptors (Lipinski definition) is 3. The first-order chi connectivity index (χ1) is 10.1. The van der Waals surface area contributed by atoms with Crippen molar-refractivity contribution in [3.63, 3.8) is 0 Å².